The van der Waals surface area contributed by atoms with E-state index in [1.165, 1.54) is 42.3 Å². The van der Waals surface area contributed by atoms with Crippen molar-refractivity contribution in [3.05, 3.63) is 41.6 Å². The normalized spacial score (nSPS) is 12.7. The number of aromatic nitrogens is 1. The lowest BCUT2D eigenvalue weighted by molar-refractivity contribution is 0.466. The first-order chi connectivity index (χ1) is 10.3. The molecule has 1 N–H and O–H groups in total. The SMILES string of the molecule is CCCCCC(NCCC)c1cc(C)c2ccccc2n1. The van der Waals surface area contributed by atoms with E-state index >= 15 is 0 Å². The quantitative estimate of drug-likeness (QED) is 0.677. The van der Waals surface area contributed by atoms with Crippen molar-refractivity contribution >= 4 is 10.9 Å². The molecule has 2 nitrogen and oxygen atoms in total. The highest BCUT2D eigenvalue weighted by Gasteiger charge is 2.13. The molecule has 1 unspecified atom stereocenters. The van der Waals surface area contributed by atoms with Gasteiger partial charge in [-0.05, 0) is 44.0 Å². The van der Waals surface area contributed by atoms with Crippen LogP contribution in [-0.2, 0) is 0 Å². The van der Waals surface area contributed by atoms with Gasteiger partial charge < -0.3 is 5.32 Å². The predicted molar refractivity (Wildman–Crippen MR) is 91.7 cm³/mol. The maximum absolute atomic E-state index is 4.91. The van der Waals surface area contributed by atoms with Gasteiger partial charge in [-0.15, -0.1) is 0 Å². The Bertz CT molecular complexity index is 562. The number of hydrogen-bond acceptors (Lipinski definition) is 2. The summed E-state index contributed by atoms with van der Waals surface area (Å²) in [5, 5.41) is 4.94. The summed E-state index contributed by atoms with van der Waals surface area (Å²) in [7, 11) is 0. The van der Waals surface area contributed by atoms with Crippen molar-refractivity contribution in [2.24, 2.45) is 0 Å². The first-order valence-electron chi connectivity index (χ1n) is 8.36. The second-order valence-corrected chi connectivity index (χ2v) is 5.88. The number of aryl methyl sites for hydroxylation is 1. The standard InChI is InChI=1S/C19H28N2/c1-4-6-7-12-18(20-13-5-2)19-14-15(3)16-10-8-9-11-17(16)21-19/h8-11,14,18,20H,4-7,12-13H2,1-3H3. The number of pyridine rings is 1. The fraction of sp³-hybridized carbons (Fsp3) is 0.526. The molecular weight excluding hydrogens is 256 g/mol. The Morgan fingerprint density at radius 1 is 1.10 bits per heavy atom. The Hall–Kier alpha value is -1.41. The van der Waals surface area contributed by atoms with Crippen LogP contribution >= 0.6 is 0 Å². The number of benzene rings is 1. The van der Waals surface area contributed by atoms with Crippen LogP contribution in [0.2, 0.25) is 0 Å². The van der Waals surface area contributed by atoms with Gasteiger partial charge in [0, 0.05) is 11.4 Å². The summed E-state index contributed by atoms with van der Waals surface area (Å²) in [6.45, 7) is 7.73. The molecule has 1 atom stereocenters. The third kappa shape index (κ3) is 4.28. The van der Waals surface area contributed by atoms with Crippen LogP contribution in [0.1, 0.15) is 63.3 Å². The smallest absolute Gasteiger partial charge is 0.0708 e. The monoisotopic (exact) mass is 284 g/mol. The Balaban J connectivity index is 2.25. The van der Waals surface area contributed by atoms with Crippen molar-refractivity contribution in [1.82, 2.24) is 10.3 Å². The van der Waals surface area contributed by atoms with Crippen LogP contribution in [0.5, 0.6) is 0 Å². The molecule has 2 rings (SSSR count). The van der Waals surface area contributed by atoms with Crippen LogP contribution in [0.25, 0.3) is 10.9 Å². The zero-order valence-electron chi connectivity index (χ0n) is 13.7. The summed E-state index contributed by atoms with van der Waals surface area (Å²) in [5.41, 5.74) is 3.65. The molecular formula is C19H28N2. The van der Waals surface area contributed by atoms with Gasteiger partial charge in [0.2, 0.25) is 0 Å². The minimum Gasteiger partial charge on any atom is -0.309 e. The number of nitrogens with one attached hydrogen (secondary N) is 1. The van der Waals surface area contributed by atoms with E-state index in [-0.39, 0.29) is 0 Å². The largest absolute Gasteiger partial charge is 0.309 e. The van der Waals surface area contributed by atoms with Crippen LogP contribution < -0.4 is 5.32 Å². The summed E-state index contributed by atoms with van der Waals surface area (Å²) in [6, 6.07) is 11.1. The van der Waals surface area contributed by atoms with E-state index in [2.05, 4.69) is 56.4 Å². The van der Waals surface area contributed by atoms with Crippen LogP contribution in [-0.4, -0.2) is 11.5 Å². The van der Waals surface area contributed by atoms with Gasteiger partial charge >= 0.3 is 0 Å². The van der Waals surface area contributed by atoms with Crippen molar-refractivity contribution in [3.8, 4) is 0 Å². The predicted octanol–water partition coefficient (Wildman–Crippen LogP) is 5.16. The summed E-state index contributed by atoms with van der Waals surface area (Å²) in [4.78, 5) is 4.91. The van der Waals surface area contributed by atoms with Crippen molar-refractivity contribution in [2.45, 2.75) is 58.9 Å². The molecule has 1 heterocycles. The molecule has 0 bridgehead atoms. The molecule has 0 radical (unpaired) electrons. The van der Waals surface area contributed by atoms with E-state index in [1.54, 1.807) is 0 Å². The second kappa shape index (κ2) is 8.14. The summed E-state index contributed by atoms with van der Waals surface area (Å²) in [5.74, 6) is 0. The summed E-state index contributed by atoms with van der Waals surface area (Å²) in [6.07, 6.45) is 6.18. The third-order valence-corrected chi connectivity index (χ3v) is 4.04. The van der Waals surface area contributed by atoms with Crippen LogP contribution in [0, 0.1) is 6.92 Å². The zero-order valence-corrected chi connectivity index (χ0v) is 13.7. The van der Waals surface area contributed by atoms with Crippen molar-refractivity contribution in [2.75, 3.05) is 6.54 Å². The number of hydrogen-bond donors (Lipinski definition) is 1. The topological polar surface area (TPSA) is 24.9 Å². The maximum Gasteiger partial charge on any atom is 0.0708 e. The lowest BCUT2D eigenvalue weighted by Gasteiger charge is -2.19. The number of fused-ring (bicyclic) bond motifs is 1. The minimum atomic E-state index is 0.389. The van der Waals surface area contributed by atoms with Gasteiger partial charge in [-0.2, -0.15) is 0 Å². The third-order valence-electron chi connectivity index (χ3n) is 4.04. The Morgan fingerprint density at radius 2 is 1.90 bits per heavy atom. The highest BCUT2D eigenvalue weighted by atomic mass is 14.9. The number of nitrogens with zero attached hydrogens (tertiary/aromatic N) is 1. The van der Waals surface area contributed by atoms with Crippen LogP contribution in [0.3, 0.4) is 0 Å². The van der Waals surface area contributed by atoms with E-state index in [0.29, 0.717) is 6.04 Å². The summed E-state index contributed by atoms with van der Waals surface area (Å²) >= 11 is 0. The highest BCUT2D eigenvalue weighted by molar-refractivity contribution is 5.82. The van der Waals surface area contributed by atoms with Crippen molar-refractivity contribution < 1.29 is 0 Å². The van der Waals surface area contributed by atoms with Crippen molar-refractivity contribution in [3.63, 3.8) is 0 Å². The second-order valence-electron chi connectivity index (χ2n) is 5.88. The van der Waals surface area contributed by atoms with Crippen molar-refractivity contribution in [1.29, 1.82) is 0 Å². The van der Waals surface area contributed by atoms with Gasteiger partial charge in [0.25, 0.3) is 0 Å². The van der Waals surface area contributed by atoms with E-state index in [1.807, 2.05) is 0 Å². The van der Waals surface area contributed by atoms with Gasteiger partial charge in [0.05, 0.1) is 11.2 Å². The Morgan fingerprint density at radius 3 is 2.67 bits per heavy atom. The molecule has 1 aromatic carbocycles. The highest BCUT2D eigenvalue weighted by Crippen LogP contribution is 2.24. The molecule has 2 aromatic rings. The molecule has 0 aliphatic carbocycles. The average molecular weight is 284 g/mol. The molecule has 2 heteroatoms. The lowest BCUT2D eigenvalue weighted by Crippen LogP contribution is -2.23. The zero-order chi connectivity index (χ0) is 15.1. The first kappa shape index (κ1) is 16.0. The fourth-order valence-electron chi connectivity index (χ4n) is 2.83. The van der Waals surface area contributed by atoms with E-state index in [0.717, 1.165) is 18.5 Å². The molecule has 0 spiro atoms. The van der Waals surface area contributed by atoms with Crippen LogP contribution in [0.15, 0.2) is 30.3 Å². The van der Waals surface area contributed by atoms with Gasteiger partial charge in [-0.25, -0.2) is 0 Å². The minimum absolute atomic E-state index is 0.389. The van der Waals surface area contributed by atoms with E-state index < -0.39 is 0 Å². The molecule has 21 heavy (non-hydrogen) atoms. The molecule has 0 aliphatic rings. The van der Waals surface area contributed by atoms with Gasteiger partial charge in [-0.3, -0.25) is 4.98 Å². The molecule has 0 saturated heterocycles. The maximum atomic E-state index is 4.91. The molecule has 1 aromatic heterocycles. The molecule has 0 fully saturated rings. The number of para-hydroxylation sites is 1. The summed E-state index contributed by atoms with van der Waals surface area (Å²) < 4.78 is 0. The van der Waals surface area contributed by atoms with Gasteiger partial charge in [-0.1, -0.05) is 51.3 Å². The fourth-order valence-corrected chi connectivity index (χ4v) is 2.83. The van der Waals surface area contributed by atoms with Crippen LogP contribution in [0.4, 0.5) is 0 Å². The molecule has 0 aliphatic heterocycles. The number of rotatable bonds is 8. The van der Waals surface area contributed by atoms with Gasteiger partial charge in [0.1, 0.15) is 0 Å². The Labute approximate surface area is 129 Å². The molecule has 0 saturated carbocycles. The van der Waals surface area contributed by atoms with Gasteiger partial charge in [0.15, 0.2) is 0 Å². The van der Waals surface area contributed by atoms with E-state index in [4.69, 9.17) is 4.98 Å². The Kier molecular flexibility index (Phi) is 6.19. The molecule has 114 valence electrons. The first-order valence-corrected chi connectivity index (χ1v) is 8.36. The molecule has 0 amide bonds. The lowest BCUT2D eigenvalue weighted by atomic mass is 10.0. The number of unbranched alkanes of at least 4 members (excludes halogenated alkanes) is 2. The average Bonchev–Trinajstić information content (AvgIpc) is 2.50. The van der Waals surface area contributed by atoms with E-state index in [9.17, 15) is 0 Å².